The zero-order valence-electron chi connectivity index (χ0n) is 17.7. The van der Waals surface area contributed by atoms with Gasteiger partial charge in [0.15, 0.2) is 17.0 Å². The van der Waals surface area contributed by atoms with Crippen LogP contribution in [0.25, 0.3) is 22.6 Å². The second-order valence-corrected chi connectivity index (χ2v) is 8.27. The summed E-state index contributed by atoms with van der Waals surface area (Å²) in [4.78, 5) is 36.7. The molecule has 1 aliphatic carbocycles. The van der Waals surface area contributed by atoms with Crippen molar-refractivity contribution in [3.8, 4) is 11.4 Å². The summed E-state index contributed by atoms with van der Waals surface area (Å²) in [6.07, 6.45) is 7.64. The van der Waals surface area contributed by atoms with E-state index in [4.69, 9.17) is 4.98 Å². The first-order valence-electron chi connectivity index (χ1n) is 10.8. The summed E-state index contributed by atoms with van der Waals surface area (Å²) >= 11 is 0. The number of aliphatic hydroxyl groups is 1. The maximum atomic E-state index is 12.6. The third-order valence-electron chi connectivity index (χ3n) is 6.06. The highest BCUT2D eigenvalue weighted by atomic mass is 16.3. The summed E-state index contributed by atoms with van der Waals surface area (Å²) in [5, 5.41) is 13.2. The normalized spacial score (nSPS) is 21.1. The van der Waals surface area contributed by atoms with Crippen LogP contribution in [0.5, 0.6) is 0 Å². The molecule has 10 nitrogen and oxygen atoms in total. The van der Waals surface area contributed by atoms with Gasteiger partial charge in [-0.25, -0.2) is 24.9 Å². The molecule has 162 valence electrons. The van der Waals surface area contributed by atoms with Crippen LogP contribution in [0.3, 0.4) is 0 Å². The quantitative estimate of drug-likeness (QED) is 0.611. The summed E-state index contributed by atoms with van der Waals surface area (Å²) in [5.74, 6) is 2.38. The molecule has 1 saturated carbocycles. The maximum absolute atomic E-state index is 12.6. The van der Waals surface area contributed by atoms with Gasteiger partial charge in [0.25, 0.3) is 0 Å². The molecule has 3 aromatic rings. The fraction of sp³-hybridized carbons (Fsp3) is 0.524. The molecule has 5 rings (SSSR count). The lowest BCUT2D eigenvalue weighted by Crippen LogP contribution is -2.39. The summed E-state index contributed by atoms with van der Waals surface area (Å²) in [5.41, 5.74) is 2.23. The Morgan fingerprint density at radius 1 is 1.23 bits per heavy atom. The second-order valence-electron chi connectivity index (χ2n) is 8.27. The fourth-order valence-electron chi connectivity index (χ4n) is 4.29. The minimum absolute atomic E-state index is 0.00381. The minimum atomic E-state index is -0.156. The first kappa shape index (κ1) is 19.8. The average Bonchev–Trinajstić information content (AvgIpc) is 3.44. The summed E-state index contributed by atoms with van der Waals surface area (Å²) in [6, 6.07) is -0.160. The molecule has 0 radical (unpaired) electrons. The van der Waals surface area contributed by atoms with Gasteiger partial charge in [-0.3, -0.25) is 4.79 Å². The van der Waals surface area contributed by atoms with Crippen LogP contribution in [0.2, 0.25) is 0 Å². The molecule has 3 aromatic heterocycles. The number of carbonyl (C=O) groups is 1. The van der Waals surface area contributed by atoms with E-state index in [1.54, 1.807) is 12.4 Å². The lowest BCUT2D eigenvalue weighted by Gasteiger charge is -2.22. The molecular weight excluding hydrogens is 396 g/mol. The summed E-state index contributed by atoms with van der Waals surface area (Å²) in [7, 11) is 0. The number of nitrogens with zero attached hydrogens (tertiary/aromatic N) is 7. The molecule has 1 amide bonds. The highest BCUT2D eigenvalue weighted by molar-refractivity contribution is 5.86. The van der Waals surface area contributed by atoms with Crippen molar-refractivity contribution in [3.05, 3.63) is 24.5 Å². The van der Waals surface area contributed by atoms with E-state index in [1.807, 2.05) is 23.3 Å². The standard InChI is InChI=1S/C21H26N8O2/c1-3-28-19(14-7-22-12(2)23-8-14)27-17-18(24-11-25-20(17)28)26-15-6-16(10-30)29(9-15)21(31)13-4-5-13/h7-8,11,13,15-16,30H,3-6,9-10H2,1-2H3,(H,24,25,26)/t15-,16+/m0/s1. The number of rotatable bonds is 6. The molecule has 31 heavy (non-hydrogen) atoms. The van der Waals surface area contributed by atoms with Crippen LogP contribution >= 0.6 is 0 Å². The number of anilines is 1. The number of nitrogens with one attached hydrogen (secondary N) is 1. The van der Waals surface area contributed by atoms with E-state index in [9.17, 15) is 9.90 Å². The van der Waals surface area contributed by atoms with Gasteiger partial charge in [0.05, 0.1) is 18.2 Å². The van der Waals surface area contributed by atoms with Crippen molar-refractivity contribution in [1.82, 2.24) is 34.4 Å². The van der Waals surface area contributed by atoms with Gasteiger partial charge in [-0.2, -0.15) is 0 Å². The topological polar surface area (TPSA) is 122 Å². The molecule has 2 aliphatic rings. The fourth-order valence-corrected chi connectivity index (χ4v) is 4.29. The highest BCUT2D eigenvalue weighted by Gasteiger charge is 2.41. The SMILES string of the molecule is CCn1c(-c2cnc(C)nc2)nc2c(N[C@H]3C[C@H](CO)N(C(=O)C4CC4)C3)ncnc21. The van der Waals surface area contributed by atoms with Gasteiger partial charge in [-0.15, -0.1) is 0 Å². The Hall–Kier alpha value is -3.14. The number of carbonyl (C=O) groups excluding carboxylic acids is 1. The Balaban J connectivity index is 1.45. The van der Waals surface area contributed by atoms with Gasteiger partial charge in [-0.05, 0) is 33.1 Å². The number of hydrogen-bond acceptors (Lipinski definition) is 8. The van der Waals surface area contributed by atoms with Crippen LogP contribution in [-0.2, 0) is 11.3 Å². The first-order valence-corrected chi connectivity index (χ1v) is 10.8. The molecule has 4 heterocycles. The van der Waals surface area contributed by atoms with Crippen molar-refractivity contribution < 1.29 is 9.90 Å². The first-order chi connectivity index (χ1) is 15.1. The minimum Gasteiger partial charge on any atom is -0.394 e. The van der Waals surface area contributed by atoms with Crippen LogP contribution < -0.4 is 5.32 Å². The summed E-state index contributed by atoms with van der Waals surface area (Å²) < 4.78 is 2.02. The predicted octanol–water partition coefficient (Wildman–Crippen LogP) is 1.40. The zero-order valence-corrected chi connectivity index (χ0v) is 17.7. The third-order valence-corrected chi connectivity index (χ3v) is 6.06. The largest absolute Gasteiger partial charge is 0.394 e. The number of aromatic nitrogens is 6. The zero-order chi connectivity index (χ0) is 21.5. The molecule has 0 spiro atoms. The Morgan fingerprint density at radius 3 is 2.68 bits per heavy atom. The van der Waals surface area contributed by atoms with Gasteiger partial charge < -0.3 is 19.9 Å². The van der Waals surface area contributed by atoms with Crippen molar-refractivity contribution in [3.63, 3.8) is 0 Å². The van der Waals surface area contributed by atoms with Gasteiger partial charge >= 0.3 is 0 Å². The van der Waals surface area contributed by atoms with E-state index in [2.05, 4.69) is 25.3 Å². The van der Waals surface area contributed by atoms with E-state index >= 15 is 0 Å². The molecule has 10 heteroatoms. The van der Waals surface area contributed by atoms with Crippen molar-refractivity contribution in [2.45, 2.75) is 51.7 Å². The molecule has 0 bridgehead atoms. The van der Waals surface area contributed by atoms with E-state index in [1.165, 1.54) is 6.33 Å². The molecule has 1 saturated heterocycles. The third kappa shape index (κ3) is 3.60. The number of imidazole rings is 1. The molecule has 0 unspecified atom stereocenters. The number of aryl methyl sites for hydroxylation is 2. The van der Waals surface area contributed by atoms with Crippen molar-refractivity contribution in [2.75, 3.05) is 18.5 Å². The van der Waals surface area contributed by atoms with Gasteiger partial charge in [0.1, 0.15) is 18.0 Å². The van der Waals surface area contributed by atoms with E-state index in [0.29, 0.717) is 36.7 Å². The van der Waals surface area contributed by atoms with Crippen LogP contribution in [0.1, 0.15) is 32.0 Å². The number of likely N-dealkylation sites (tertiary alicyclic amines) is 1. The molecule has 1 aliphatic heterocycles. The number of amides is 1. The monoisotopic (exact) mass is 422 g/mol. The predicted molar refractivity (Wildman–Crippen MR) is 114 cm³/mol. The van der Waals surface area contributed by atoms with Crippen LogP contribution in [0.15, 0.2) is 18.7 Å². The van der Waals surface area contributed by atoms with E-state index in [-0.39, 0.29) is 30.5 Å². The lowest BCUT2D eigenvalue weighted by atomic mass is 10.2. The number of fused-ring (bicyclic) bond motifs is 1. The Bertz CT molecular complexity index is 1110. The molecule has 2 atom stereocenters. The number of hydrogen-bond donors (Lipinski definition) is 2. The van der Waals surface area contributed by atoms with Crippen molar-refractivity contribution >= 4 is 22.9 Å². The average molecular weight is 422 g/mol. The smallest absolute Gasteiger partial charge is 0.226 e. The van der Waals surface area contributed by atoms with Crippen LogP contribution in [0.4, 0.5) is 5.82 Å². The maximum Gasteiger partial charge on any atom is 0.226 e. The molecule has 2 fully saturated rings. The molecular formula is C21H26N8O2. The van der Waals surface area contributed by atoms with E-state index < -0.39 is 0 Å². The van der Waals surface area contributed by atoms with Crippen molar-refractivity contribution in [2.24, 2.45) is 5.92 Å². The molecule has 2 N–H and O–H groups in total. The van der Waals surface area contributed by atoms with Gasteiger partial charge in [-0.1, -0.05) is 0 Å². The lowest BCUT2D eigenvalue weighted by molar-refractivity contribution is -0.134. The Morgan fingerprint density at radius 2 is 2.00 bits per heavy atom. The highest BCUT2D eigenvalue weighted by Crippen LogP contribution is 2.34. The number of aliphatic hydroxyl groups excluding tert-OH is 1. The van der Waals surface area contributed by atoms with Gasteiger partial charge in [0, 0.05) is 37.4 Å². The molecule has 0 aromatic carbocycles. The summed E-state index contributed by atoms with van der Waals surface area (Å²) in [6.45, 7) is 5.10. The Kier molecular flexibility index (Phi) is 5.01. The van der Waals surface area contributed by atoms with E-state index in [0.717, 1.165) is 29.9 Å². The van der Waals surface area contributed by atoms with Crippen molar-refractivity contribution in [1.29, 1.82) is 0 Å². The Labute approximate surface area is 179 Å². The van der Waals surface area contributed by atoms with Crippen LogP contribution in [0, 0.1) is 12.8 Å². The van der Waals surface area contributed by atoms with Gasteiger partial charge in [0.2, 0.25) is 5.91 Å². The van der Waals surface area contributed by atoms with Crippen LogP contribution in [-0.4, -0.2) is 70.6 Å². The second kappa shape index (κ2) is 7.84.